The molecule has 0 aromatic heterocycles. The predicted molar refractivity (Wildman–Crippen MR) is 83.8 cm³/mol. The van der Waals surface area contributed by atoms with Crippen molar-refractivity contribution in [3.63, 3.8) is 0 Å². The van der Waals surface area contributed by atoms with E-state index < -0.39 is 11.7 Å². The molecule has 0 saturated carbocycles. The molecule has 0 amide bonds. The van der Waals surface area contributed by atoms with Crippen molar-refractivity contribution >= 4 is 17.8 Å². The second kappa shape index (κ2) is 8.29. The highest BCUT2D eigenvalue weighted by molar-refractivity contribution is 6.19. The van der Waals surface area contributed by atoms with Crippen LogP contribution in [0.4, 0.5) is 4.79 Å². The summed E-state index contributed by atoms with van der Waals surface area (Å²) in [7, 11) is 0. The van der Waals surface area contributed by atoms with Gasteiger partial charge in [-0.1, -0.05) is 54.1 Å². The average Bonchev–Trinajstić information content (AvgIpc) is 2.52. The van der Waals surface area contributed by atoms with E-state index in [0.717, 1.165) is 16.9 Å². The monoisotopic (exact) mass is 320 g/mol. The average molecular weight is 321 g/mol. The Balaban J connectivity index is 1.79. The Kier molecular flexibility index (Phi) is 6.10. The Hall–Kier alpha value is -2.20. The van der Waals surface area contributed by atoms with Crippen molar-refractivity contribution in [2.45, 2.75) is 25.7 Å². The number of carbonyl (C=O) groups excluding carboxylic acids is 1. The Labute approximate surface area is 134 Å². The summed E-state index contributed by atoms with van der Waals surface area (Å²) >= 11 is 5.52. The molecule has 22 heavy (non-hydrogen) atoms. The van der Waals surface area contributed by atoms with Crippen LogP contribution in [0, 0.1) is 0 Å². The van der Waals surface area contributed by atoms with E-state index in [-0.39, 0.29) is 6.61 Å². The van der Waals surface area contributed by atoms with Gasteiger partial charge in [0.05, 0.1) is 0 Å². The van der Waals surface area contributed by atoms with Crippen LogP contribution < -0.4 is 4.74 Å². The molecule has 0 saturated heterocycles. The van der Waals surface area contributed by atoms with E-state index in [2.05, 4.69) is 4.74 Å². The van der Waals surface area contributed by atoms with Crippen LogP contribution in [0.1, 0.15) is 18.1 Å². The highest BCUT2D eigenvalue weighted by atomic mass is 35.5. The molecule has 0 radical (unpaired) electrons. The fourth-order valence-corrected chi connectivity index (χ4v) is 1.80. The molecule has 0 aliphatic carbocycles. The molecule has 5 heteroatoms. The molecule has 0 spiro atoms. The van der Waals surface area contributed by atoms with Gasteiger partial charge in [-0.3, -0.25) is 0 Å². The molecule has 2 aromatic carbocycles. The maximum atomic E-state index is 11.2. The summed E-state index contributed by atoms with van der Waals surface area (Å²) in [6.07, 6.45) is -0.785. The number of hydrogen-bond donors (Lipinski definition) is 0. The van der Waals surface area contributed by atoms with E-state index in [4.69, 9.17) is 21.1 Å². The van der Waals surface area contributed by atoms with Crippen molar-refractivity contribution in [1.82, 2.24) is 0 Å². The number of rotatable bonds is 6. The molecular formula is C17H17ClO4. The zero-order chi connectivity index (χ0) is 15.8. The van der Waals surface area contributed by atoms with Gasteiger partial charge in [-0.15, -0.1) is 0 Å². The molecule has 4 nitrogen and oxygen atoms in total. The first-order valence-electron chi connectivity index (χ1n) is 6.86. The quantitative estimate of drug-likeness (QED) is 0.580. The van der Waals surface area contributed by atoms with Crippen LogP contribution in [-0.4, -0.2) is 11.7 Å². The van der Waals surface area contributed by atoms with Gasteiger partial charge in [-0.2, -0.15) is 0 Å². The first-order chi connectivity index (χ1) is 10.6. The van der Waals surface area contributed by atoms with Crippen molar-refractivity contribution in [3.8, 4) is 5.75 Å². The largest absolute Gasteiger partial charge is 0.510 e. The van der Waals surface area contributed by atoms with E-state index in [9.17, 15) is 4.79 Å². The lowest BCUT2D eigenvalue weighted by Crippen LogP contribution is -2.11. The van der Waals surface area contributed by atoms with Crippen molar-refractivity contribution < 1.29 is 19.0 Å². The molecule has 1 atom stereocenters. The lowest BCUT2D eigenvalue weighted by molar-refractivity contribution is 0.0445. The molecule has 0 bridgehead atoms. The number of halogens is 1. The maximum absolute atomic E-state index is 11.2. The summed E-state index contributed by atoms with van der Waals surface area (Å²) in [4.78, 5) is 11.2. The van der Waals surface area contributed by atoms with Crippen LogP contribution in [0.3, 0.4) is 0 Å². The van der Waals surface area contributed by atoms with Crippen LogP contribution in [0.2, 0.25) is 0 Å². The van der Waals surface area contributed by atoms with Gasteiger partial charge in [0.15, 0.2) is 5.56 Å². The van der Waals surface area contributed by atoms with Gasteiger partial charge in [-0.05, 0) is 30.2 Å². The standard InChI is InChI=1S/C17H17ClO4/c1-13(18)22-17(19)21-12-15-7-9-16(10-8-15)20-11-14-5-3-2-4-6-14/h2-10,13H,11-12H2,1H3/t13-/m0/s1. The number of alkyl halides is 1. The summed E-state index contributed by atoms with van der Waals surface area (Å²) in [5, 5.41) is 0. The number of benzene rings is 2. The van der Waals surface area contributed by atoms with Gasteiger partial charge >= 0.3 is 6.16 Å². The van der Waals surface area contributed by atoms with Crippen molar-refractivity contribution in [1.29, 1.82) is 0 Å². The minimum absolute atomic E-state index is 0.126. The van der Waals surface area contributed by atoms with Crippen LogP contribution in [0.15, 0.2) is 54.6 Å². The number of hydrogen-bond acceptors (Lipinski definition) is 4. The lowest BCUT2D eigenvalue weighted by atomic mass is 10.2. The van der Waals surface area contributed by atoms with Gasteiger partial charge in [0.1, 0.15) is 19.0 Å². The highest BCUT2D eigenvalue weighted by Crippen LogP contribution is 2.15. The molecule has 2 rings (SSSR count). The lowest BCUT2D eigenvalue weighted by Gasteiger charge is -2.09. The van der Waals surface area contributed by atoms with Crippen LogP contribution in [0.5, 0.6) is 5.75 Å². The van der Waals surface area contributed by atoms with Gasteiger partial charge < -0.3 is 14.2 Å². The Morgan fingerprint density at radius 3 is 2.27 bits per heavy atom. The second-order valence-electron chi connectivity index (χ2n) is 4.62. The molecule has 0 aliphatic rings. The molecule has 0 aliphatic heterocycles. The molecular weight excluding hydrogens is 304 g/mol. The van der Waals surface area contributed by atoms with Gasteiger partial charge in [-0.25, -0.2) is 4.79 Å². The zero-order valence-electron chi connectivity index (χ0n) is 12.2. The fraction of sp³-hybridized carbons (Fsp3) is 0.235. The summed E-state index contributed by atoms with van der Waals surface area (Å²) in [5.41, 5.74) is 1.24. The molecule has 116 valence electrons. The van der Waals surface area contributed by atoms with E-state index in [1.165, 1.54) is 0 Å². The predicted octanol–water partition coefficient (Wildman–Crippen LogP) is 4.50. The summed E-state index contributed by atoms with van der Waals surface area (Å²) < 4.78 is 15.3. The smallest absolute Gasteiger partial charge is 0.489 e. The van der Waals surface area contributed by atoms with Crippen molar-refractivity contribution in [3.05, 3.63) is 65.7 Å². The van der Waals surface area contributed by atoms with E-state index in [1.54, 1.807) is 6.92 Å². The summed E-state index contributed by atoms with van der Waals surface area (Å²) in [6.45, 7) is 2.18. The summed E-state index contributed by atoms with van der Waals surface area (Å²) in [6, 6.07) is 17.2. The fourth-order valence-electron chi connectivity index (χ4n) is 1.73. The third kappa shape index (κ3) is 5.66. The van der Waals surface area contributed by atoms with Gasteiger partial charge in [0.25, 0.3) is 0 Å². The first kappa shape index (κ1) is 16.2. The molecule has 0 heterocycles. The topological polar surface area (TPSA) is 44.8 Å². The van der Waals surface area contributed by atoms with Gasteiger partial charge in [0.2, 0.25) is 0 Å². The first-order valence-corrected chi connectivity index (χ1v) is 7.30. The Bertz CT molecular complexity index is 581. The van der Waals surface area contributed by atoms with Gasteiger partial charge in [0, 0.05) is 0 Å². The second-order valence-corrected chi connectivity index (χ2v) is 5.23. The molecule has 0 N–H and O–H groups in total. The van der Waals surface area contributed by atoms with Crippen LogP contribution in [-0.2, 0) is 22.7 Å². The normalized spacial score (nSPS) is 11.5. The van der Waals surface area contributed by atoms with E-state index >= 15 is 0 Å². The van der Waals surface area contributed by atoms with Crippen LogP contribution >= 0.6 is 11.6 Å². The number of carbonyl (C=O) groups is 1. The molecule has 0 fully saturated rings. The van der Waals surface area contributed by atoms with Crippen molar-refractivity contribution in [2.24, 2.45) is 0 Å². The zero-order valence-corrected chi connectivity index (χ0v) is 13.0. The molecule has 0 unspecified atom stereocenters. The Morgan fingerprint density at radius 2 is 1.64 bits per heavy atom. The number of ether oxygens (including phenoxy) is 3. The highest BCUT2D eigenvalue weighted by Gasteiger charge is 2.07. The SMILES string of the molecule is C[C@@H](Cl)OC(=O)OCc1ccc(OCc2ccccc2)cc1. The van der Waals surface area contributed by atoms with Crippen molar-refractivity contribution in [2.75, 3.05) is 0 Å². The molecule has 2 aromatic rings. The minimum Gasteiger partial charge on any atom is -0.489 e. The maximum Gasteiger partial charge on any atom is 0.510 e. The van der Waals surface area contributed by atoms with E-state index in [1.807, 2.05) is 54.6 Å². The Morgan fingerprint density at radius 1 is 1.00 bits per heavy atom. The minimum atomic E-state index is -0.785. The van der Waals surface area contributed by atoms with Crippen LogP contribution in [0.25, 0.3) is 0 Å². The third-order valence-corrected chi connectivity index (χ3v) is 2.88. The summed E-state index contributed by atoms with van der Waals surface area (Å²) in [5.74, 6) is 0.754. The van der Waals surface area contributed by atoms with E-state index in [0.29, 0.717) is 6.61 Å². The third-order valence-electron chi connectivity index (χ3n) is 2.79.